The maximum atomic E-state index is 12.1. The minimum atomic E-state index is -0.653. The SMILES string of the molecule is O=C1O[C@H](CC2CCCCC2)[C@H](c2ccccc2)C1=O. The van der Waals surface area contributed by atoms with Crippen LogP contribution in [0, 0.1) is 5.92 Å². The molecule has 2 aliphatic rings. The van der Waals surface area contributed by atoms with E-state index in [1.165, 1.54) is 32.1 Å². The normalized spacial score (nSPS) is 27.6. The van der Waals surface area contributed by atoms with Crippen LogP contribution < -0.4 is 0 Å². The van der Waals surface area contributed by atoms with Crippen LogP contribution in [0.1, 0.15) is 50.0 Å². The van der Waals surface area contributed by atoms with Crippen molar-refractivity contribution in [2.45, 2.75) is 50.5 Å². The third-order valence-corrected chi connectivity index (χ3v) is 4.56. The summed E-state index contributed by atoms with van der Waals surface area (Å²) < 4.78 is 5.35. The van der Waals surface area contributed by atoms with Gasteiger partial charge in [-0.1, -0.05) is 62.4 Å². The van der Waals surface area contributed by atoms with Gasteiger partial charge in [-0.25, -0.2) is 4.79 Å². The molecule has 0 radical (unpaired) electrons. The minimum absolute atomic E-state index is 0.263. The zero-order chi connectivity index (χ0) is 13.9. The summed E-state index contributed by atoms with van der Waals surface area (Å²) >= 11 is 0. The largest absolute Gasteiger partial charge is 0.455 e. The lowest BCUT2D eigenvalue weighted by atomic mass is 9.81. The van der Waals surface area contributed by atoms with Crippen molar-refractivity contribution < 1.29 is 14.3 Å². The van der Waals surface area contributed by atoms with Crippen LogP contribution in [0.2, 0.25) is 0 Å². The number of hydrogen-bond acceptors (Lipinski definition) is 3. The molecule has 1 aliphatic carbocycles. The number of carbonyl (C=O) groups is 2. The summed E-state index contributed by atoms with van der Waals surface area (Å²) in [6, 6.07) is 9.56. The van der Waals surface area contributed by atoms with E-state index in [2.05, 4.69) is 0 Å². The van der Waals surface area contributed by atoms with E-state index in [1.807, 2.05) is 30.3 Å². The molecule has 2 fully saturated rings. The lowest BCUT2D eigenvalue weighted by molar-refractivity contribution is -0.149. The van der Waals surface area contributed by atoms with Crippen LogP contribution in [0.3, 0.4) is 0 Å². The van der Waals surface area contributed by atoms with Crippen molar-refractivity contribution in [3.05, 3.63) is 35.9 Å². The van der Waals surface area contributed by atoms with Crippen LogP contribution in [0.25, 0.3) is 0 Å². The first-order valence-corrected chi connectivity index (χ1v) is 7.55. The average Bonchev–Trinajstić information content (AvgIpc) is 2.76. The summed E-state index contributed by atoms with van der Waals surface area (Å²) in [4.78, 5) is 23.7. The molecule has 0 unspecified atom stereocenters. The highest BCUT2D eigenvalue weighted by Gasteiger charge is 2.44. The van der Waals surface area contributed by atoms with E-state index < -0.39 is 11.9 Å². The van der Waals surface area contributed by atoms with Gasteiger partial charge in [-0.15, -0.1) is 0 Å². The lowest BCUT2D eigenvalue weighted by Gasteiger charge is -2.25. The van der Waals surface area contributed by atoms with Crippen molar-refractivity contribution in [3.8, 4) is 0 Å². The van der Waals surface area contributed by atoms with Crippen molar-refractivity contribution in [1.29, 1.82) is 0 Å². The van der Waals surface area contributed by atoms with Crippen LogP contribution in [-0.2, 0) is 14.3 Å². The monoisotopic (exact) mass is 272 g/mol. The Morgan fingerprint density at radius 3 is 2.40 bits per heavy atom. The maximum Gasteiger partial charge on any atom is 0.375 e. The number of hydrogen-bond donors (Lipinski definition) is 0. The van der Waals surface area contributed by atoms with Crippen LogP contribution in [0.15, 0.2) is 30.3 Å². The molecule has 2 atom stereocenters. The summed E-state index contributed by atoms with van der Waals surface area (Å²) in [6.45, 7) is 0. The van der Waals surface area contributed by atoms with Gasteiger partial charge in [0.25, 0.3) is 5.78 Å². The molecule has 1 aliphatic heterocycles. The molecule has 1 heterocycles. The number of ketones is 1. The fourth-order valence-electron chi connectivity index (χ4n) is 3.52. The molecule has 20 heavy (non-hydrogen) atoms. The molecule has 1 saturated heterocycles. The van der Waals surface area contributed by atoms with Gasteiger partial charge < -0.3 is 4.74 Å². The molecule has 3 heteroatoms. The number of benzene rings is 1. The van der Waals surface area contributed by atoms with Crippen molar-refractivity contribution in [3.63, 3.8) is 0 Å². The van der Waals surface area contributed by atoms with E-state index in [4.69, 9.17) is 4.74 Å². The second-order valence-corrected chi connectivity index (χ2v) is 5.94. The van der Waals surface area contributed by atoms with Gasteiger partial charge >= 0.3 is 5.97 Å². The molecule has 0 spiro atoms. The Morgan fingerprint density at radius 2 is 1.70 bits per heavy atom. The van der Waals surface area contributed by atoms with Crippen molar-refractivity contribution in [1.82, 2.24) is 0 Å². The van der Waals surface area contributed by atoms with Gasteiger partial charge in [-0.3, -0.25) is 4.79 Å². The molecule has 0 aromatic heterocycles. The summed E-state index contributed by atoms with van der Waals surface area (Å²) in [5.74, 6) is -0.832. The number of esters is 1. The van der Waals surface area contributed by atoms with Gasteiger partial charge in [0.15, 0.2) is 0 Å². The molecule has 1 saturated carbocycles. The first-order valence-electron chi connectivity index (χ1n) is 7.55. The third-order valence-electron chi connectivity index (χ3n) is 4.56. The third kappa shape index (κ3) is 2.62. The standard InChI is InChI=1S/C17H20O3/c18-16-15(13-9-5-2-6-10-13)14(20-17(16)19)11-12-7-3-1-4-8-12/h2,5-6,9-10,12,14-15H,1,3-4,7-8,11H2/t14-,15+/m1/s1. The van der Waals surface area contributed by atoms with Crippen LogP contribution in [0.5, 0.6) is 0 Å². The second-order valence-electron chi connectivity index (χ2n) is 5.94. The number of ether oxygens (including phenoxy) is 1. The Hall–Kier alpha value is -1.64. The van der Waals surface area contributed by atoms with Gasteiger partial charge in [-0.05, 0) is 17.9 Å². The minimum Gasteiger partial charge on any atom is -0.455 e. The molecule has 106 valence electrons. The molecule has 1 aromatic carbocycles. The molecular weight excluding hydrogens is 252 g/mol. The number of rotatable bonds is 3. The summed E-state index contributed by atoms with van der Waals surface area (Å²) in [5.41, 5.74) is 0.907. The Kier molecular flexibility index (Phi) is 3.86. The summed E-state index contributed by atoms with van der Waals surface area (Å²) in [7, 11) is 0. The predicted molar refractivity (Wildman–Crippen MR) is 75.3 cm³/mol. The number of cyclic esters (lactones) is 1. The van der Waals surface area contributed by atoms with Crippen molar-refractivity contribution >= 4 is 11.8 Å². The van der Waals surface area contributed by atoms with Gasteiger partial charge in [0.05, 0.1) is 5.92 Å². The fraction of sp³-hybridized carbons (Fsp3) is 0.529. The van der Waals surface area contributed by atoms with E-state index in [0.29, 0.717) is 5.92 Å². The van der Waals surface area contributed by atoms with Gasteiger partial charge in [0.1, 0.15) is 6.10 Å². The van der Waals surface area contributed by atoms with Gasteiger partial charge in [-0.2, -0.15) is 0 Å². The Labute approximate surface area is 119 Å². The molecule has 3 rings (SSSR count). The molecule has 3 nitrogen and oxygen atoms in total. The lowest BCUT2D eigenvalue weighted by Crippen LogP contribution is -2.22. The molecule has 0 amide bonds. The molecule has 0 bridgehead atoms. The summed E-state index contributed by atoms with van der Waals surface area (Å²) in [6.07, 6.45) is 6.79. The summed E-state index contributed by atoms with van der Waals surface area (Å²) in [5, 5.41) is 0. The first kappa shape index (κ1) is 13.3. The first-order chi connectivity index (χ1) is 9.75. The fourth-order valence-corrected chi connectivity index (χ4v) is 3.52. The van der Waals surface area contributed by atoms with Crippen LogP contribution >= 0.6 is 0 Å². The highest BCUT2D eigenvalue weighted by atomic mass is 16.6. The van der Waals surface area contributed by atoms with E-state index in [-0.39, 0.29) is 11.9 Å². The highest BCUT2D eigenvalue weighted by Crippen LogP contribution is 2.36. The maximum absolute atomic E-state index is 12.1. The number of Topliss-reactive ketones (excluding diaryl/α,β-unsaturated/α-hetero) is 1. The Bertz CT molecular complexity index is 488. The van der Waals surface area contributed by atoms with E-state index in [9.17, 15) is 9.59 Å². The van der Waals surface area contributed by atoms with E-state index in [0.717, 1.165) is 12.0 Å². The molecule has 1 aromatic rings. The average molecular weight is 272 g/mol. The highest BCUT2D eigenvalue weighted by molar-refractivity contribution is 6.37. The zero-order valence-corrected chi connectivity index (χ0v) is 11.6. The Morgan fingerprint density at radius 1 is 1.00 bits per heavy atom. The molecule has 0 N–H and O–H groups in total. The smallest absolute Gasteiger partial charge is 0.375 e. The van der Waals surface area contributed by atoms with Gasteiger partial charge in [0, 0.05) is 0 Å². The molecular formula is C17H20O3. The number of carbonyl (C=O) groups excluding carboxylic acids is 2. The van der Waals surface area contributed by atoms with Gasteiger partial charge in [0.2, 0.25) is 0 Å². The van der Waals surface area contributed by atoms with Crippen LogP contribution in [-0.4, -0.2) is 17.9 Å². The quantitative estimate of drug-likeness (QED) is 0.626. The Balaban J connectivity index is 1.77. The van der Waals surface area contributed by atoms with E-state index >= 15 is 0 Å². The van der Waals surface area contributed by atoms with Crippen molar-refractivity contribution in [2.75, 3.05) is 0 Å². The second kappa shape index (κ2) is 5.78. The predicted octanol–water partition coefficient (Wildman–Crippen LogP) is 3.24. The zero-order valence-electron chi connectivity index (χ0n) is 11.6. The van der Waals surface area contributed by atoms with E-state index in [1.54, 1.807) is 0 Å². The topological polar surface area (TPSA) is 43.4 Å². The van der Waals surface area contributed by atoms with Crippen molar-refractivity contribution in [2.24, 2.45) is 5.92 Å². The van der Waals surface area contributed by atoms with Crippen LogP contribution in [0.4, 0.5) is 0 Å².